The Labute approximate surface area is 125 Å². The van der Waals surface area contributed by atoms with Gasteiger partial charge in [-0.05, 0) is 38.0 Å². The van der Waals surface area contributed by atoms with Gasteiger partial charge in [0.05, 0.1) is 17.5 Å². The van der Waals surface area contributed by atoms with Crippen LogP contribution in [-0.4, -0.2) is 32.9 Å². The van der Waals surface area contributed by atoms with E-state index in [-0.39, 0.29) is 17.9 Å². The van der Waals surface area contributed by atoms with E-state index in [1.807, 2.05) is 6.92 Å². The molecule has 0 spiro atoms. The van der Waals surface area contributed by atoms with Crippen molar-refractivity contribution < 1.29 is 9.90 Å². The van der Waals surface area contributed by atoms with Gasteiger partial charge in [-0.3, -0.25) is 9.48 Å². The second kappa shape index (κ2) is 5.67. The van der Waals surface area contributed by atoms with Crippen LogP contribution >= 0.6 is 0 Å². The van der Waals surface area contributed by atoms with Gasteiger partial charge < -0.3 is 16.2 Å². The zero-order chi connectivity index (χ0) is 15.7. The Morgan fingerprint density at radius 1 is 1.43 bits per heavy atom. The summed E-state index contributed by atoms with van der Waals surface area (Å²) in [4.78, 5) is 12.3. The van der Waals surface area contributed by atoms with E-state index >= 15 is 0 Å². The lowest BCUT2D eigenvalue weighted by Crippen LogP contribution is -2.47. The highest BCUT2D eigenvalue weighted by molar-refractivity contribution is 5.97. The average Bonchev–Trinajstić information content (AvgIpc) is 2.81. The Morgan fingerprint density at radius 2 is 2.05 bits per heavy atom. The summed E-state index contributed by atoms with van der Waals surface area (Å²) in [7, 11) is 0. The van der Waals surface area contributed by atoms with Gasteiger partial charge in [0.2, 0.25) is 0 Å². The maximum atomic E-state index is 12.3. The van der Waals surface area contributed by atoms with Crippen molar-refractivity contribution in [3.63, 3.8) is 0 Å². The smallest absolute Gasteiger partial charge is 0.271 e. The van der Waals surface area contributed by atoms with Crippen LogP contribution in [0.25, 0.3) is 0 Å². The molecular weight excluding hydrogens is 268 g/mol. The summed E-state index contributed by atoms with van der Waals surface area (Å²) in [6.45, 7) is 7.17. The minimum absolute atomic E-state index is 0.260. The molecule has 0 saturated heterocycles. The number of hydrogen-bond donors (Lipinski definition) is 3. The first-order chi connectivity index (χ1) is 9.76. The van der Waals surface area contributed by atoms with Gasteiger partial charge in [-0.1, -0.05) is 13.8 Å². The van der Waals surface area contributed by atoms with Gasteiger partial charge >= 0.3 is 0 Å². The van der Waals surface area contributed by atoms with Crippen LogP contribution in [0.15, 0.2) is 6.20 Å². The largest absolute Gasteiger partial charge is 0.396 e. The third-order valence-electron chi connectivity index (χ3n) is 4.49. The topological polar surface area (TPSA) is 93.2 Å². The monoisotopic (exact) mass is 294 g/mol. The number of carbonyl (C=O) groups excluding carboxylic acids is 1. The summed E-state index contributed by atoms with van der Waals surface area (Å²) in [5.41, 5.74) is 6.00. The molecule has 1 aliphatic carbocycles. The molecule has 118 valence electrons. The Morgan fingerprint density at radius 3 is 2.62 bits per heavy atom. The fourth-order valence-corrected chi connectivity index (χ4v) is 2.79. The molecule has 0 bridgehead atoms. The Kier molecular flexibility index (Phi) is 4.27. The van der Waals surface area contributed by atoms with Crippen molar-refractivity contribution in [2.75, 3.05) is 12.3 Å². The lowest BCUT2D eigenvalue weighted by molar-refractivity contribution is -0.0233. The molecule has 0 aromatic carbocycles. The lowest BCUT2D eigenvalue weighted by atomic mass is 9.71. The summed E-state index contributed by atoms with van der Waals surface area (Å²) in [5, 5.41) is 17.4. The number of rotatable bonds is 4. The van der Waals surface area contributed by atoms with Gasteiger partial charge in [0, 0.05) is 13.1 Å². The standard InChI is InChI=1S/C15H26N4O2/c1-4-19-12(11(16)9-18-19)13(20)17-10-15(21)7-5-14(2,3)6-8-15/h9,21H,4-8,10,16H2,1-3H3,(H,17,20). The van der Waals surface area contributed by atoms with Crippen LogP contribution in [0.1, 0.15) is 56.9 Å². The maximum absolute atomic E-state index is 12.3. The predicted molar refractivity (Wildman–Crippen MR) is 81.8 cm³/mol. The van der Waals surface area contributed by atoms with E-state index in [4.69, 9.17) is 5.73 Å². The van der Waals surface area contributed by atoms with E-state index in [1.165, 1.54) is 6.20 Å². The molecule has 1 aromatic rings. The number of nitrogens with two attached hydrogens (primary N) is 1. The molecule has 1 aromatic heterocycles. The van der Waals surface area contributed by atoms with Crippen molar-refractivity contribution in [3.05, 3.63) is 11.9 Å². The van der Waals surface area contributed by atoms with E-state index in [0.717, 1.165) is 12.8 Å². The molecule has 0 atom stereocenters. The Hall–Kier alpha value is -1.56. The zero-order valence-corrected chi connectivity index (χ0v) is 13.1. The summed E-state index contributed by atoms with van der Waals surface area (Å²) in [5.74, 6) is -0.273. The van der Waals surface area contributed by atoms with Crippen LogP contribution in [0.4, 0.5) is 5.69 Å². The second-order valence-electron chi connectivity index (χ2n) is 6.84. The van der Waals surface area contributed by atoms with Crippen LogP contribution in [0, 0.1) is 5.41 Å². The van der Waals surface area contributed by atoms with E-state index in [9.17, 15) is 9.90 Å². The number of aliphatic hydroxyl groups is 1. The quantitative estimate of drug-likeness (QED) is 0.785. The van der Waals surface area contributed by atoms with E-state index in [1.54, 1.807) is 4.68 Å². The highest BCUT2D eigenvalue weighted by Crippen LogP contribution is 2.39. The van der Waals surface area contributed by atoms with Crippen LogP contribution in [-0.2, 0) is 6.54 Å². The number of carbonyl (C=O) groups is 1. The minimum Gasteiger partial charge on any atom is -0.396 e. The number of anilines is 1. The molecular formula is C15H26N4O2. The van der Waals surface area contributed by atoms with Gasteiger partial charge in [-0.25, -0.2) is 0 Å². The van der Waals surface area contributed by atoms with Crippen molar-refractivity contribution in [1.29, 1.82) is 0 Å². The number of aromatic nitrogens is 2. The van der Waals surface area contributed by atoms with Crippen LogP contribution < -0.4 is 11.1 Å². The number of nitrogens with one attached hydrogen (secondary N) is 1. The fourth-order valence-electron chi connectivity index (χ4n) is 2.79. The number of nitrogens with zero attached hydrogens (tertiary/aromatic N) is 2. The molecule has 1 aliphatic rings. The van der Waals surface area contributed by atoms with Crippen LogP contribution in [0.2, 0.25) is 0 Å². The molecule has 0 aliphatic heterocycles. The molecule has 6 heteroatoms. The Balaban J connectivity index is 1.97. The third kappa shape index (κ3) is 3.56. The molecule has 21 heavy (non-hydrogen) atoms. The van der Waals surface area contributed by atoms with Gasteiger partial charge in [0.25, 0.3) is 5.91 Å². The first kappa shape index (κ1) is 15.8. The zero-order valence-electron chi connectivity index (χ0n) is 13.1. The maximum Gasteiger partial charge on any atom is 0.271 e. The average molecular weight is 294 g/mol. The second-order valence-corrected chi connectivity index (χ2v) is 6.84. The summed E-state index contributed by atoms with van der Waals surface area (Å²) < 4.78 is 1.57. The van der Waals surface area contributed by atoms with E-state index in [2.05, 4.69) is 24.3 Å². The van der Waals surface area contributed by atoms with E-state index in [0.29, 0.717) is 30.8 Å². The molecule has 1 fully saturated rings. The number of nitrogen functional groups attached to an aromatic ring is 1. The highest BCUT2D eigenvalue weighted by Gasteiger charge is 2.37. The van der Waals surface area contributed by atoms with Gasteiger partial charge in [0.1, 0.15) is 5.69 Å². The normalized spacial score (nSPS) is 20.2. The summed E-state index contributed by atoms with van der Waals surface area (Å²) >= 11 is 0. The van der Waals surface area contributed by atoms with Crippen LogP contribution in [0.3, 0.4) is 0 Å². The Bertz CT molecular complexity index is 512. The molecule has 6 nitrogen and oxygen atoms in total. The molecule has 2 rings (SSSR count). The van der Waals surface area contributed by atoms with Gasteiger partial charge in [0.15, 0.2) is 0 Å². The van der Waals surface area contributed by atoms with Crippen molar-refractivity contribution in [1.82, 2.24) is 15.1 Å². The van der Waals surface area contributed by atoms with Crippen molar-refractivity contribution in [2.24, 2.45) is 5.41 Å². The minimum atomic E-state index is -0.809. The van der Waals surface area contributed by atoms with Gasteiger partial charge in [-0.15, -0.1) is 0 Å². The van der Waals surface area contributed by atoms with Crippen molar-refractivity contribution in [3.8, 4) is 0 Å². The first-order valence-corrected chi connectivity index (χ1v) is 7.58. The molecule has 1 amide bonds. The highest BCUT2D eigenvalue weighted by atomic mass is 16.3. The van der Waals surface area contributed by atoms with Crippen molar-refractivity contribution in [2.45, 2.75) is 58.6 Å². The van der Waals surface area contributed by atoms with E-state index < -0.39 is 5.60 Å². The van der Waals surface area contributed by atoms with Crippen molar-refractivity contribution >= 4 is 11.6 Å². The molecule has 0 unspecified atom stereocenters. The molecule has 1 saturated carbocycles. The number of aryl methyl sites for hydroxylation is 1. The third-order valence-corrected chi connectivity index (χ3v) is 4.49. The SMILES string of the molecule is CCn1ncc(N)c1C(=O)NCC1(O)CCC(C)(C)CC1. The molecule has 0 radical (unpaired) electrons. The lowest BCUT2D eigenvalue weighted by Gasteiger charge is -2.40. The predicted octanol–water partition coefficient (Wildman–Crippen LogP) is 1.55. The van der Waals surface area contributed by atoms with Gasteiger partial charge in [-0.2, -0.15) is 5.10 Å². The molecule has 4 N–H and O–H groups in total. The first-order valence-electron chi connectivity index (χ1n) is 7.58. The summed E-state index contributed by atoms with van der Waals surface area (Å²) in [6, 6.07) is 0. The molecule has 1 heterocycles. The van der Waals surface area contributed by atoms with Crippen LogP contribution in [0.5, 0.6) is 0 Å². The fraction of sp³-hybridized carbons (Fsp3) is 0.733. The number of hydrogen-bond acceptors (Lipinski definition) is 4. The summed E-state index contributed by atoms with van der Waals surface area (Å²) in [6.07, 6.45) is 4.84. The number of amides is 1.